The molecule has 0 aromatic rings. The summed E-state index contributed by atoms with van der Waals surface area (Å²) < 4.78 is 0. The number of aliphatic carboxylic acids is 1. The van der Waals surface area contributed by atoms with Gasteiger partial charge in [0.2, 0.25) is 0 Å². The van der Waals surface area contributed by atoms with Gasteiger partial charge in [0.05, 0.1) is 5.92 Å². The Kier molecular flexibility index (Phi) is 3.53. The van der Waals surface area contributed by atoms with E-state index in [4.69, 9.17) is 0 Å². The molecule has 2 aliphatic rings. The number of hydrogen-bond donors (Lipinski definition) is 1. The molecule has 0 aliphatic heterocycles. The van der Waals surface area contributed by atoms with Gasteiger partial charge in [0.1, 0.15) is 0 Å². The van der Waals surface area contributed by atoms with E-state index >= 15 is 0 Å². The Morgan fingerprint density at radius 3 is 2.44 bits per heavy atom. The maximum atomic E-state index is 11.3. The van der Waals surface area contributed by atoms with E-state index in [-0.39, 0.29) is 12.0 Å². The van der Waals surface area contributed by atoms with Crippen LogP contribution in [-0.4, -0.2) is 35.1 Å². The fourth-order valence-electron chi connectivity index (χ4n) is 3.10. The van der Waals surface area contributed by atoms with Crippen molar-refractivity contribution in [3.8, 4) is 0 Å². The Bertz CT molecular complexity index is 263. The zero-order valence-electron chi connectivity index (χ0n) is 10.4. The van der Waals surface area contributed by atoms with Gasteiger partial charge in [-0.25, -0.2) is 0 Å². The summed E-state index contributed by atoms with van der Waals surface area (Å²) in [4.78, 5) is 13.6. The van der Waals surface area contributed by atoms with Crippen molar-refractivity contribution in [2.24, 2.45) is 11.8 Å². The summed E-state index contributed by atoms with van der Waals surface area (Å²) in [6.45, 7) is 2.26. The Labute approximate surface area is 97.8 Å². The fourth-order valence-corrected chi connectivity index (χ4v) is 3.10. The van der Waals surface area contributed by atoms with E-state index < -0.39 is 5.97 Å². The molecule has 2 rings (SSSR count). The van der Waals surface area contributed by atoms with Gasteiger partial charge in [0, 0.05) is 12.1 Å². The van der Waals surface area contributed by atoms with Crippen LogP contribution in [0.4, 0.5) is 0 Å². The highest BCUT2D eigenvalue weighted by atomic mass is 16.4. The molecule has 92 valence electrons. The first kappa shape index (κ1) is 11.9. The summed E-state index contributed by atoms with van der Waals surface area (Å²) in [5.41, 5.74) is 0. The largest absolute Gasteiger partial charge is 0.481 e. The molecule has 0 saturated heterocycles. The molecule has 0 amide bonds. The summed E-state index contributed by atoms with van der Waals surface area (Å²) in [6.07, 6.45) is 6.85. The van der Waals surface area contributed by atoms with E-state index in [9.17, 15) is 9.90 Å². The van der Waals surface area contributed by atoms with Crippen LogP contribution in [-0.2, 0) is 4.79 Å². The molecular weight excluding hydrogens is 202 g/mol. The molecule has 0 aromatic carbocycles. The highest BCUT2D eigenvalue weighted by Gasteiger charge is 2.39. The quantitative estimate of drug-likeness (QED) is 0.798. The number of nitrogens with zero attached hydrogens (tertiary/aromatic N) is 1. The van der Waals surface area contributed by atoms with Crippen LogP contribution in [0.15, 0.2) is 0 Å². The first-order chi connectivity index (χ1) is 7.61. The third kappa shape index (κ3) is 2.40. The molecule has 1 N–H and O–H groups in total. The molecule has 3 unspecified atom stereocenters. The monoisotopic (exact) mass is 225 g/mol. The summed E-state index contributed by atoms with van der Waals surface area (Å²) in [6, 6.07) is 0.826. The van der Waals surface area contributed by atoms with Crippen molar-refractivity contribution in [1.82, 2.24) is 4.90 Å². The highest BCUT2D eigenvalue weighted by molar-refractivity contribution is 5.71. The first-order valence-corrected chi connectivity index (χ1v) is 6.56. The highest BCUT2D eigenvalue weighted by Crippen LogP contribution is 2.38. The molecule has 0 radical (unpaired) electrons. The molecule has 0 spiro atoms. The predicted molar refractivity (Wildman–Crippen MR) is 63.3 cm³/mol. The van der Waals surface area contributed by atoms with Crippen LogP contribution in [0.25, 0.3) is 0 Å². The molecule has 3 nitrogen and oxygen atoms in total. The van der Waals surface area contributed by atoms with E-state index in [1.807, 2.05) is 0 Å². The van der Waals surface area contributed by atoms with Crippen molar-refractivity contribution in [3.63, 3.8) is 0 Å². The Hall–Kier alpha value is -0.570. The average Bonchev–Trinajstić information content (AvgIpc) is 3.11. The van der Waals surface area contributed by atoms with Crippen LogP contribution in [0, 0.1) is 11.8 Å². The van der Waals surface area contributed by atoms with Crippen molar-refractivity contribution in [3.05, 3.63) is 0 Å². The summed E-state index contributed by atoms with van der Waals surface area (Å²) in [5, 5.41) is 9.27. The van der Waals surface area contributed by atoms with Crippen LogP contribution in [0.3, 0.4) is 0 Å². The van der Waals surface area contributed by atoms with Gasteiger partial charge in [-0.2, -0.15) is 0 Å². The summed E-state index contributed by atoms with van der Waals surface area (Å²) >= 11 is 0. The molecule has 2 aliphatic carbocycles. The Morgan fingerprint density at radius 1 is 1.25 bits per heavy atom. The third-order valence-electron chi connectivity index (χ3n) is 4.52. The zero-order chi connectivity index (χ0) is 11.7. The molecule has 3 heteroatoms. The molecule has 3 atom stereocenters. The van der Waals surface area contributed by atoms with Gasteiger partial charge in [-0.3, -0.25) is 9.69 Å². The minimum absolute atomic E-state index is 0.139. The van der Waals surface area contributed by atoms with Gasteiger partial charge in [0.25, 0.3) is 0 Å². The zero-order valence-corrected chi connectivity index (χ0v) is 10.4. The van der Waals surface area contributed by atoms with Crippen molar-refractivity contribution in [2.45, 2.75) is 57.5 Å². The van der Waals surface area contributed by atoms with Crippen LogP contribution < -0.4 is 0 Å². The molecule has 2 saturated carbocycles. The second-order valence-corrected chi connectivity index (χ2v) is 5.54. The number of carbonyl (C=O) groups is 1. The predicted octanol–water partition coefficient (Wildman–Crippen LogP) is 2.36. The molecule has 16 heavy (non-hydrogen) atoms. The van der Waals surface area contributed by atoms with Crippen molar-refractivity contribution < 1.29 is 9.90 Å². The van der Waals surface area contributed by atoms with Gasteiger partial charge >= 0.3 is 5.97 Å². The summed E-state index contributed by atoms with van der Waals surface area (Å²) in [5.74, 6) is 0.0841. The van der Waals surface area contributed by atoms with E-state index in [0.717, 1.165) is 25.2 Å². The maximum absolute atomic E-state index is 11.3. The Morgan fingerprint density at radius 2 is 1.88 bits per heavy atom. The number of carboxylic acid groups (broad SMARTS) is 1. The lowest BCUT2D eigenvalue weighted by atomic mass is 9.83. The number of carboxylic acids is 1. The number of hydrogen-bond acceptors (Lipinski definition) is 2. The fraction of sp³-hybridized carbons (Fsp3) is 0.923. The SMILES string of the molecule is CC(C1CC1)N(C)C1CCCCC1C(=O)O. The first-order valence-electron chi connectivity index (χ1n) is 6.56. The minimum atomic E-state index is -0.598. The van der Waals surface area contributed by atoms with E-state index in [1.165, 1.54) is 19.3 Å². The normalized spacial score (nSPS) is 32.7. The molecule has 0 bridgehead atoms. The van der Waals surface area contributed by atoms with Crippen molar-refractivity contribution in [1.29, 1.82) is 0 Å². The van der Waals surface area contributed by atoms with E-state index in [2.05, 4.69) is 18.9 Å². The van der Waals surface area contributed by atoms with Gasteiger partial charge < -0.3 is 5.11 Å². The van der Waals surface area contributed by atoms with E-state index in [0.29, 0.717) is 6.04 Å². The standard InChI is InChI=1S/C13H23NO2/c1-9(10-7-8-10)14(2)12-6-4-3-5-11(12)13(15)16/h9-12H,3-8H2,1-2H3,(H,15,16). The molecule has 0 heterocycles. The second kappa shape index (κ2) is 4.74. The minimum Gasteiger partial charge on any atom is -0.481 e. The average molecular weight is 225 g/mol. The lowest BCUT2D eigenvalue weighted by molar-refractivity contribution is -0.145. The molecule has 0 aromatic heterocycles. The molecule has 2 fully saturated rings. The van der Waals surface area contributed by atoms with Gasteiger partial charge in [-0.05, 0) is 45.6 Å². The van der Waals surface area contributed by atoms with Crippen molar-refractivity contribution >= 4 is 5.97 Å². The lowest BCUT2D eigenvalue weighted by Crippen LogP contribution is -2.47. The third-order valence-corrected chi connectivity index (χ3v) is 4.52. The molecular formula is C13H23NO2. The second-order valence-electron chi connectivity index (χ2n) is 5.54. The van der Waals surface area contributed by atoms with Gasteiger partial charge in [-0.1, -0.05) is 12.8 Å². The lowest BCUT2D eigenvalue weighted by Gasteiger charge is -2.39. The maximum Gasteiger partial charge on any atom is 0.308 e. The smallest absolute Gasteiger partial charge is 0.308 e. The van der Waals surface area contributed by atoms with Crippen LogP contribution in [0.2, 0.25) is 0 Å². The topological polar surface area (TPSA) is 40.5 Å². The van der Waals surface area contributed by atoms with Crippen LogP contribution >= 0.6 is 0 Å². The Balaban J connectivity index is 2.00. The van der Waals surface area contributed by atoms with Gasteiger partial charge in [-0.15, -0.1) is 0 Å². The number of rotatable bonds is 4. The summed E-state index contributed by atoms with van der Waals surface area (Å²) in [7, 11) is 2.12. The van der Waals surface area contributed by atoms with Gasteiger partial charge in [0.15, 0.2) is 0 Å². The van der Waals surface area contributed by atoms with Crippen molar-refractivity contribution in [2.75, 3.05) is 7.05 Å². The van der Waals surface area contributed by atoms with Crippen LogP contribution in [0.5, 0.6) is 0 Å². The van der Waals surface area contributed by atoms with E-state index in [1.54, 1.807) is 0 Å². The van der Waals surface area contributed by atoms with Crippen LogP contribution in [0.1, 0.15) is 45.4 Å².